The van der Waals surface area contributed by atoms with Crippen molar-refractivity contribution in [2.45, 2.75) is 6.54 Å². The van der Waals surface area contributed by atoms with Crippen molar-refractivity contribution in [1.29, 1.82) is 0 Å². The Bertz CT molecular complexity index is 644. The van der Waals surface area contributed by atoms with Crippen molar-refractivity contribution in [2.75, 3.05) is 31.2 Å². The number of rotatable bonds is 4. The van der Waals surface area contributed by atoms with Crippen molar-refractivity contribution in [2.24, 2.45) is 0 Å². The molecule has 22 heavy (non-hydrogen) atoms. The second-order valence-electron chi connectivity index (χ2n) is 4.73. The molecule has 0 atom stereocenters. The van der Waals surface area contributed by atoms with Gasteiger partial charge in [-0.1, -0.05) is 6.07 Å². The fraction of sp³-hybridized carbons (Fsp3) is 0.357. The lowest BCUT2D eigenvalue weighted by atomic mass is 10.3. The first-order valence-electron chi connectivity index (χ1n) is 6.90. The zero-order valence-corrected chi connectivity index (χ0v) is 14.2. The first-order chi connectivity index (χ1) is 10.7. The van der Waals surface area contributed by atoms with Crippen molar-refractivity contribution in [3.05, 3.63) is 38.8 Å². The molecular formula is C14H15BrN4O2S. The molecule has 0 bridgehead atoms. The number of thiophene rings is 1. The largest absolute Gasteiger partial charge is 0.378 e. The molecule has 0 unspecified atom stereocenters. The minimum absolute atomic E-state index is 0.211. The average Bonchev–Trinajstić information content (AvgIpc) is 3.07. The van der Waals surface area contributed by atoms with Crippen LogP contribution in [-0.4, -0.2) is 42.2 Å². The van der Waals surface area contributed by atoms with Crippen molar-refractivity contribution in [3.8, 4) is 0 Å². The smallest absolute Gasteiger partial charge is 0.271 e. The summed E-state index contributed by atoms with van der Waals surface area (Å²) in [6.45, 7) is 3.27. The normalized spacial score (nSPS) is 14.9. The van der Waals surface area contributed by atoms with Crippen LogP contribution in [0.1, 0.15) is 15.4 Å². The van der Waals surface area contributed by atoms with Gasteiger partial charge in [0.2, 0.25) is 5.95 Å². The number of carbonyl (C=O) groups is 1. The molecule has 0 aromatic carbocycles. The van der Waals surface area contributed by atoms with Crippen LogP contribution in [0, 0.1) is 0 Å². The fourth-order valence-corrected chi connectivity index (χ4v) is 3.11. The zero-order valence-electron chi connectivity index (χ0n) is 11.8. The fourth-order valence-electron chi connectivity index (χ4n) is 2.10. The summed E-state index contributed by atoms with van der Waals surface area (Å²) >= 11 is 4.96. The zero-order chi connectivity index (χ0) is 15.4. The van der Waals surface area contributed by atoms with Gasteiger partial charge in [-0.2, -0.15) is 0 Å². The topological polar surface area (TPSA) is 67.4 Å². The number of nitrogens with one attached hydrogen (secondary N) is 1. The van der Waals surface area contributed by atoms with Crippen LogP contribution in [0.25, 0.3) is 0 Å². The lowest BCUT2D eigenvalue weighted by Gasteiger charge is -2.26. The number of hydrogen-bond donors (Lipinski definition) is 1. The molecule has 6 nitrogen and oxygen atoms in total. The van der Waals surface area contributed by atoms with E-state index in [4.69, 9.17) is 4.74 Å². The highest BCUT2D eigenvalue weighted by molar-refractivity contribution is 9.10. The summed E-state index contributed by atoms with van der Waals surface area (Å²) in [5.41, 5.74) is 0.355. The molecule has 1 aliphatic heterocycles. The van der Waals surface area contributed by atoms with Crippen LogP contribution >= 0.6 is 27.3 Å². The molecule has 1 amide bonds. The van der Waals surface area contributed by atoms with Gasteiger partial charge in [0.05, 0.1) is 24.2 Å². The van der Waals surface area contributed by atoms with Crippen LogP contribution in [0.15, 0.2) is 28.2 Å². The third-order valence-electron chi connectivity index (χ3n) is 3.24. The van der Waals surface area contributed by atoms with Crippen molar-refractivity contribution >= 4 is 39.1 Å². The van der Waals surface area contributed by atoms with Crippen LogP contribution in [0.2, 0.25) is 0 Å². The SMILES string of the molecule is O=C(NCc1cccs1)c1nc(N2CCOCC2)ncc1Br. The number of hydrogen-bond acceptors (Lipinski definition) is 6. The maximum atomic E-state index is 12.3. The lowest BCUT2D eigenvalue weighted by molar-refractivity contribution is 0.0945. The maximum absolute atomic E-state index is 12.3. The van der Waals surface area contributed by atoms with Gasteiger partial charge in [-0.25, -0.2) is 9.97 Å². The summed E-state index contributed by atoms with van der Waals surface area (Å²) in [7, 11) is 0. The van der Waals surface area contributed by atoms with Gasteiger partial charge < -0.3 is 15.0 Å². The molecule has 3 rings (SSSR count). The molecule has 1 saturated heterocycles. The van der Waals surface area contributed by atoms with Gasteiger partial charge in [0, 0.05) is 24.2 Å². The summed E-state index contributed by atoms with van der Waals surface area (Å²) in [4.78, 5) is 24.1. The van der Waals surface area contributed by atoms with Crippen LogP contribution in [0.4, 0.5) is 5.95 Å². The predicted molar refractivity (Wildman–Crippen MR) is 88.3 cm³/mol. The average molecular weight is 383 g/mol. The Morgan fingerprint density at radius 1 is 1.45 bits per heavy atom. The third-order valence-corrected chi connectivity index (χ3v) is 4.70. The number of ether oxygens (including phenoxy) is 1. The Balaban J connectivity index is 1.72. The first kappa shape index (κ1) is 15.4. The molecule has 2 aromatic heterocycles. The van der Waals surface area contributed by atoms with Gasteiger partial charge in [-0.3, -0.25) is 4.79 Å². The molecule has 2 aromatic rings. The molecule has 0 spiro atoms. The molecule has 1 fully saturated rings. The Kier molecular flexibility index (Phi) is 5.01. The van der Waals surface area contributed by atoms with Crippen molar-refractivity contribution in [3.63, 3.8) is 0 Å². The quantitative estimate of drug-likeness (QED) is 0.876. The van der Waals surface area contributed by atoms with E-state index in [-0.39, 0.29) is 5.91 Å². The number of aromatic nitrogens is 2. The first-order valence-corrected chi connectivity index (χ1v) is 8.57. The second kappa shape index (κ2) is 7.17. The standard InChI is InChI=1S/C14H15BrN4O2S/c15-11-9-17-14(19-3-5-21-6-4-19)18-12(11)13(20)16-8-10-2-1-7-22-10/h1-2,7,9H,3-6,8H2,(H,16,20). The Hall–Kier alpha value is -1.51. The molecular weight excluding hydrogens is 368 g/mol. The summed E-state index contributed by atoms with van der Waals surface area (Å²) in [5.74, 6) is 0.352. The lowest BCUT2D eigenvalue weighted by Crippen LogP contribution is -2.37. The second-order valence-corrected chi connectivity index (χ2v) is 6.61. The van der Waals surface area contributed by atoms with Gasteiger partial charge in [0.15, 0.2) is 0 Å². The Labute approximate surface area is 140 Å². The number of carbonyl (C=O) groups excluding carboxylic acids is 1. The van der Waals surface area contributed by atoms with Gasteiger partial charge in [0.1, 0.15) is 5.69 Å². The van der Waals surface area contributed by atoms with E-state index >= 15 is 0 Å². The predicted octanol–water partition coefficient (Wildman–Crippen LogP) is 2.07. The van der Waals surface area contributed by atoms with Crippen molar-refractivity contribution in [1.82, 2.24) is 15.3 Å². The summed E-state index contributed by atoms with van der Waals surface area (Å²) in [6, 6.07) is 3.95. The molecule has 3 heterocycles. The number of nitrogens with zero attached hydrogens (tertiary/aromatic N) is 3. The maximum Gasteiger partial charge on any atom is 0.271 e. The number of anilines is 1. The molecule has 116 valence electrons. The van der Waals surface area contributed by atoms with E-state index in [2.05, 4.69) is 31.2 Å². The van der Waals surface area contributed by atoms with E-state index in [9.17, 15) is 4.79 Å². The number of morpholine rings is 1. The molecule has 0 saturated carbocycles. The van der Waals surface area contributed by atoms with E-state index in [1.807, 2.05) is 22.4 Å². The van der Waals surface area contributed by atoms with E-state index in [1.54, 1.807) is 17.5 Å². The van der Waals surface area contributed by atoms with Gasteiger partial charge in [-0.05, 0) is 27.4 Å². The van der Waals surface area contributed by atoms with Crippen LogP contribution in [0.3, 0.4) is 0 Å². The Morgan fingerprint density at radius 3 is 3.00 bits per heavy atom. The van der Waals surface area contributed by atoms with Crippen LogP contribution < -0.4 is 10.2 Å². The molecule has 8 heteroatoms. The summed E-state index contributed by atoms with van der Waals surface area (Å²) < 4.78 is 5.91. The van der Waals surface area contributed by atoms with Crippen molar-refractivity contribution < 1.29 is 9.53 Å². The Morgan fingerprint density at radius 2 is 2.27 bits per heavy atom. The number of halogens is 1. The van der Waals surface area contributed by atoms with Crippen LogP contribution in [0.5, 0.6) is 0 Å². The van der Waals surface area contributed by atoms with Gasteiger partial charge in [-0.15, -0.1) is 11.3 Å². The van der Waals surface area contributed by atoms with E-state index in [0.29, 0.717) is 35.9 Å². The molecule has 0 radical (unpaired) electrons. The number of amides is 1. The highest BCUT2D eigenvalue weighted by atomic mass is 79.9. The van der Waals surface area contributed by atoms with Crippen LogP contribution in [-0.2, 0) is 11.3 Å². The van der Waals surface area contributed by atoms with Gasteiger partial charge in [0.25, 0.3) is 5.91 Å². The molecule has 0 aliphatic carbocycles. The van der Waals surface area contributed by atoms with E-state index < -0.39 is 0 Å². The highest BCUT2D eigenvalue weighted by Gasteiger charge is 2.18. The molecule has 1 N–H and O–H groups in total. The van der Waals surface area contributed by atoms with E-state index in [1.165, 1.54) is 0 Å². The third kappa shape index (κ3) is 3.63. The monoisotopic (exact) mass is 382 g/mol. The minimum atomic E-state index is -0.211. The summed E-state index contributed by atoms with van der Waals surface area (Å²) in [5, 5.41) is 4.87. The highest BCUT2D eigenvalue weighted by Crippen LogP contribution is 2.18. The molecule has 1 aliphatic rings. The van der Waals surface area contributed by atoms with E-state index in [0.717, 1.165) is 18.0 Å². The minimum Gasteiger partial charge on any atom is -0.378 e. The van der Waals surface area contributed by atoms with Gasteiger partial charge >= 0.3 is 0 Å². The summed E-state index contributed by atoms with van der Waals surface area (Å²) in [6.07, 6.45) is 1.62.